The summed E-state index contributed by atoms with van der Waals surface area (Å²) in [7, 11) is 4.12. The van der Waals surface area contributed by atoms with E-state index in [1.54, 1.807) is 23.5 Å². The summed E-state index contributed by atoms with van der Waals surface area (Å²) in [5, 5.41) is 6.31. The molecule has 3 rings (SSSR count). The maximum atomic E-state index is 13.7. The second-order valence-electron chi connectivity index (χ2n) is 6.19. The van der Waals surface area contributed by atoms with Crippen molar-refractivity contribution in [2.24, 2.45) is 0 Å². The number of pyridine rings is 1. The number of benzene rings is 1. The van der Waals surface area contributed by atoms with Gasteiger partial charge in [0.1, 0.15) is 5.82 Å². The smallest absolute Gasteiger partial charge is 0.124 e. The van der Waals surface area contributed by atoms with Crippen molar-refractivity contribution in [3.8, 4) is 0 Å². The number of anilines is 1. The van der Waals surface area contributed by atoms with Crippen LogP contribution in [0.2, 0.25) is 0 Å². The van der Waals surface area contributed by atoms with E-state index in [-0.39, 0.29) is 5.82 Å². The average Bonchev–Trinajstić information content (AvgIpc) is 3.10. The van der Waals surface area contributed by atoms with Gasteiger partial charge in [-0.15, -0.1) is 11.3 Å². The molecular weight excluding hydrogens is 333 g/mol. The molecule has 0 bridgehead atoms. The first-order valence-corrected chi connectivity index (χ1v) is 9.20. The molecule has 3 aromatic rings. The summed E-state index contributed by atoms with van der Waals surface area (Å²) in [6.07, 6.45) is 5.07. The first-order chi connectivity index (χ1) is 12.1. The molecule has 0 amide bonds. The highest BCUT2D eigenvalue weighted by molar-refractivity contribution is 7.10. The molecule has 2 heterocycles. The number of hydrogen-bond acceptors (Lipinski definition) is 4. The minimum atomic E-state index is -0.243. The van der Waals surface area contributed by atoms with E-state index >= 15 is 0 Å². The highest BCUT2D eigenvalue weighted by atomic mass is 32.1. The van der Waals surface area contributed by atoms with Crippen molar-refractivity contribution in [2.75, 3.05) is 32.5 Å². The maximum Gasteiger partial charge on any atom is 0.124 e. The van der Waals surface area contributed by atoms with E-state index in [1.807, 2.05) is 23.6 Å². The van der Waals surface area contributed by atoms with E-state index in [0.717, 1.165) is 41.8 Å². The molecule has 1 aromatic carbocycles. The molecule has 0 fully saturated rings. The summed E-state index contributed by atoms with van der Waals surface area (Å²) in [6, 6.07) is 10.8. The lowest BCUT2D eigenvalue weighted by Crippen LogP contribution is -2.16. The van der Waals surface area contributed by atoms with Gasteiger partial charge in [-0.2, -0.15) is 0 Å². The molecule has 2 aromatic heterocycles. The Hall–Kier alpha value is -2.24. The van der Waals surface area contributed by atoms with Gasteiger partial charge < -0.3 is 10.2 Å². The second kappa shape index (κ2) is 8.23. The first-order valence-electron chi connectivity index (χ1n) is 8.32. The molecule has 0 aliphatic heterocycles. The predicted octanol–water partition coefficient (Wildman–Crippen LogP) is 4.97. The van der Waals surface area contributed by atoms with Crippen molar-refractivity contribution in [2.45, 2.75) is 6.42 Å². The number of fused-ring (bicyclic) bond motifs is 1. The van der Waals surface area contributed by atoms with Crippen molar-refractivity contribution >= 4 is 40.1 Å². The van der Waals surface area contributed by atoms with Gasteiger partial charge in [0.2, 0.25) is 0 Å². The van der Waals surface area contributed by atoms with Crippen LogP contribution in [0.15, 0.2) is 41.8 Å². The number of thiophene rings is 1. The lowest BCUT2D eigenvalue weighted by molar-refractivity contribution is 0.405. The van der Waals surface area contributed by atoms with Crippen LogP contribution in [0.3, 0.4) is 0 Å². The Morgan fingerprint density at radius 2 is 2.08 bits per heavy atom. The Labute approximate surface area is 151 Å². The molecule has 130 valence electrons. The number of nitrogens with zero attached hydrogens (tertiary/aromatic N) is 2. The van der Waals surface area contributed by atoms with Crippen LogP contribution < -0.4 is 5.32 Å². The van der Waals surface area contributed by atoms with Gasteiger partial charge in [-0.25, -0.2) is 9.37 Å². The topological polar surface area (TPSA) is 28.2 Å². The van der Waals surface area contributed by atoms with Crippen molar-refractivity contribution in [1.29, 1.82) is 0 Å². The molecule has 5 heteroatoms. The van der Waals surface area contributed by atoms with Crippen LogP contribution in [0, 0.1) is 5.82 Å². The molecular formula is C20H22FN3S. The van der Waals surface area contributed by atoms with E-state index in [2.05, 4.69) is 41.4 Å². The number of rotatable bonds is 7. The van der Waals surface area contributed by atoms with E-state index in [9.17, 15) is 4.39 Å². The monoisotopic (exact) mass is 355 g/mol. The highest BCUT2D eigenvalue weighted by Gasteiger charge is 2.06. The van der Waals surface area contributed by atoms with Crippen LogP contribution in [-0.2, 0) is 0 Å². The quantitative estimate of drug-likeness (QED) is 0.607. The fourth-order valence-corrected chi connectivity index (χ4v) is 3.24. The lowest BCUT2D eigenvalue weighted by atomic mass is 10.1. The van der Waals surface area contributed by atoms with Crippen LogP contribution in [0.4, 0.5) is 10.1 Å². The average molecular weight is 355 g/mol. The molecule has 0 saturated carbocycles. The molecule has 0 saturated heterocycles. The van der Waals surface area contributed by atoms with E-state index in [4.69, 9.17) is 0 Å². The molecule has 0 aliphatic rings. The Morgan fingerprint density at radius 1 is 1.20 bits per heavy atom. The normalized spacial score (nSPS) is 11.7. The second-order valence-corrected chi connectivity index (χ2v) is 7.17. The zero-order valence-electron chi connectivity index (χ0n) is 14.5. The van der Waals surface area contributed by atoms with Gasteiger partial charge >= 0.3 is 0 Å². The Balaban J connectivity index is 1.87. The number of nitrogens with one attached hydrogen (secondary N) is 1. The van der Waals surface area contributed by atoms with E-state index in [0.29, 0.717) is 0 Å². The third-order valence-corrected chi connectivity index (χ3v) is 4.69. The molecule has 3 nitrogen and oxygen atoms in total. The minimum absolute atomic E-state index is 0.243. The van der Waals surface area contributed by atoms with Crippen molar-refractivity contribution < 1.29 is 4.39 Å². The van der Waals surface area contributed by atoms with Crippen LogP contribution in [0.25, 0.3) is 23.1 Å². The summed E-state index contributed by atoms with van der Waals surface area (Å²) in [5.41, 5.74) is 2.58. The highest BCUT2D eigenvalue weighted by Crippen LogP contribution is 2.25. The molecule has 0 spiro atoms. The molecule has 0 aliphatic carbocycles. The number of halogens is 1. The van der Waals surface area contributed by atoms with Crippen molar-refractivity contribution in [1.82, 2.24) is 9.88 Å². The molecule has 1 N–H and O–H groups in total. The van der Waals surface area contributed by atoms with Crippen LogP contribution in [-0.4, -0.2) is 37.1 Å². The van der Waals surface area contributed by atoms with Crippen LogP contribution >= 0.6 is 11.3 Å². The van der Waals surface area contributed by atoms with E-state index in [1.165, 1.54) is 10.9 Å². The summed E-state index contributed by atoms with van der Waals surface area (Å²) in [6.45, 7) is 1.84. The Morgan fingerprint density at radius 3 is 2.84 bits per heavy atom. The number of hydrogen-bond donors (Lipinski definition) is 1. The van der Waals surface area contributed by atoms with Crippen molar-refractivity contribution in [3.05, 3.63) is 58.2 Å². The first kappa shape index (κ1) is 17.6. The summed E-state index contributed by atoms with van der Waals surface area (Å²) < 4.78 is 13.7. The minimum Gasteiger partial charge on any atom is -0.384 e. The zero-order valence-corrected chi connectivity index (χ0v) is 15.3. The lowest BCUT2D eigenvalue weighted by Gasteiger charge is -2.13. The number of aromatic nitrogens is 1. The molecule has 25 heavy (non-hydrogen) atoms. The third-order valence-electron chi connectivity index (χ3n) is 3.85. The molecule has 0 unspecified atom stereocenters. The summed E-state index contributed by atoms with van der Waals surface area (Å²) >= 11 is 1.69. The summed E-state index contributed by atoms with van der Waals surface area (Å²) in [5.74, 6) is -0.243. The fourth-order valence-electron chi connectivity index (χ4n) is 2.62. The predicted molar refractivity (Wildman–Crippen MR) is 107 cm³/mol. The van der Waals surface area contributed by atoms with Crippen LogP contribution in [0.5, 0.6) is 0 Å². The Bertz CT molecular complexity index is 857. The SMILES string of the molecule is CN(C)CCCNc1cc(/C=C/c2cccs2)nc2ccc(F)cc12. The zero-order chi connectivity index (χ0) is 17.6. The van der Waals surface area contributed by atoms with Gasteiger partial charge in [-0.3, -0.25) is 0 Å². The van der Waals surface area contributed by atoms with Gasteiger partial charge in [0.15, 0.2) is 0 Å². The Kier molecular flexibility index (Phi) is 5.79. The van der Waals surface area contributed by atoms with Crippen molar-refractivity contribution in [3.63, 3.8) is 0 Å². The standard InChI is InChI=1S/C20H22FN3S/c1-24(2)11-4-10-22-20-14-16(7-8-17-5-3-12-25-17)23-19-9-6-15(21)13-18(19)20/h3,5-9,12-14H,4,10-11H2,1-2H3,(H,22,23)/b8-7+. The molecule has 0 atom stereocenters. The largest absolute Gasteiger partial charge is 0.384 e. The maximum absolute atomic E-state index is 13.7. The van der Waals surface area contributed by atoms with Gasteiger partial charge in [0.05, 0.1) is 11.2 Å². The van der Waals surface area contributed by atoms with Gasteiger partial charge in [-0.1, -0.05) is 6.07 Å². The fraction of sp³-hybridized carbons (Fsp3) is 0.250. The molecule has 0 radical (unpaired) electrons. The van der Waals surface area contributed by atoms with Crippen LogP contribution in [0.1, 0.15) is 17.0 Å². The van der Waals surface area contributed by atoms with E-state index < -0.39 is 0 Å². The van der Waals surface area contributed by atoms with Gasteiger partial charge in [0.25, 0.3) is 0 Å². The van der Waals surface area contributed by atoms with Gasteiger partial charge in [-0.05, 0) is 74.9 Å². The third kappa shape index (κ3) is 4.87. The van der Waals surface area contributed by atoms with Gasteiger partial charge in [0, 0.05) is 22.5 Å². The summed E-state index contributed by atoms with van der Waals surface area (Å²) in [4.78, 5) is 7.97.